The van der Waals surface area contributed by atoms with Gasteiger partial charge in [0.25, 0.3) is 0 Å². The molecular weight excluding hydrogens is 198 g/mol. The number of aromatic amines is 1. The van der Waals surface area contributed by atoms with Crippen LogP contribution in [0.25, 0.3) is 11.4 Å². The molecule has 0 saturated heterocycles. The Bertz CT molecular complexity index is 466. The Morgan fingerprint density at radius 3 is 2.93 bits per heavy atom. The van der Waals surface area contributed by atoms with Crippen molar-refractivity contribution in [1.82, 2.24) is 14.8 Å². The molecular formula is C9H11N3OS. The number of aromatic nitrogens is 3. The summed E-state index contributed by atoms with van der Waals surface area (Å²) in [5, 5.41) is 6.95. The minimum atomic E-state index is 0.283. The maximum Gasteiger partial charge on any atom is 0.195 e. The van der Waals surface area contributed by atoms with Gasteiger partial charge in [0.15, 0.2) is 10.6 Å². The lowest BCUT2D eigenvalue weighted by Gasteiger charge is -2.08. The number of H-pyrrole nitrogens is 1. The van der Waals surface area contributed by atoms with E-state index in [-0.39, 0.29) is 6.04 Å². The van der Waals surface area contributed by atoms with Crippen molar-refractivity contribution in [3.63, 3.8) is 0 Å². The van der Waals surface area contributed by atoms with Gasteiger partial charge >= 0.3 is 0 Å². The Labute approximate surface area is 86.6 Å². The first-order valence-corrected chi connectivity index (χ1v) is 4.80. The molecule has 4 nitrogen and oxygen atoms in total. The molecule has 74 valence electrons. The van der Waals surface area contributed by atoms with Gasteiger partial charge in [-0.05, 0) is 32.1 Å². The van der Waals surface area contributed by atoms with Crippen molar-refractivity contribution < 1.29 is 4.42 Å². The SMILES string of the molecule is CC(C)n1c(-c2ccoc2)n[nH]c1=S. The van der Waals surface area contributed by atoms with Crippen LogP contribution in [0, 0.1) is 4.77 Å². The summed E-state index contributed by atoms with van der Waals surface area (Å²) in [6, 6.07) is 2.15. The van der Waals surface area contributed by atoms with Crippen molar-refractivity contribution in [3.05, 3.63) is 23.4 Å². The van der Waals surface area contributed by atoms with Crippen LogP contribution in [0.1, 0.15) is 19.9 Å². The second-order valence-corrected chi connectivity index (χ2v) is 3.71. The second-order valence-electron chi connectivity index (χ2n) is 3.33. The van der Waals surface area contributed by atoms with E-state index in [1.165, 1.54) is 0 Å². The molecule has 0 fully saturated rings. The quantitative estimate of drug-likeness (QED) is 0.773. The van der Waals surface area contributed by atoms with E-state index in [1.807, 2.05) is 10.6 Å². The van der Waals surface area contributed by atoms with E-state index in [0.29, 0.717) is 4.77 Å². The highest BCUT2D eigenvalue weighted by atomic mass is 32.1. The first-order valence-electron chi connectivity index (χ1n) is 4.39. The number of furan rings is 1. The maximum atomic E-state index is 5.14. The van der Waals surface area contributed by atoms with Gasteiger partial charge < -0.3 is 4.42 Å². The summed E-state index contributed by atoms with van der Waals surface area (Å²) in [4.78, 5) is 0. The molecule has 0 spiro atoms. The van der Waals surface area contributed by atoms with E-state index < -0.39 is 0 Å². The van der Waals surface area contributed by atoms with Crippen molar-refractivity contribution in [2.45, 2.75) is 19.9 Å². The van der Waals surface area contributed by atoms with Gasteiger partial charge in [0.05, 0.1) is 11.8 Å². The highest BCUT2D eigenvalue weighted by Crippen LogP contribution is 2.20. The lowest BCUT2D eigenvalue weighted by Crippen LogP contribution is -2.02. The summed E-state index contributed by atoms with van der Waals surface area (Å²) >= 11 is 5.14. The first-order chi connectivity index (χ1) is 6.70. The van der Waals surface area contributed by atoms with E-state index in [0.717, 1.165) is 11.4 Å². The minimum Gasteiger partial charge on any atom is -0.472 e. The van der Waals surface area contributed by atoms with Gasteiger partial charge in [-0.3, -0.25) is 9.67 Å². The summed E-state index contributed by atoms with van der Waals surface area (Å²) in [6.07, 6.45) is 3.28. The highest BCUT2D eigenvalue weighted by Gasteiger charge is 2.11. The Kier molecular flexibility index (Phi) is 2.25. The second kappa shape index (κ2) is 3.42. The molecule has 0 unspecified atom stereocenters. The molecule has 0 aromatic carbocycles. The fraction of sp³-hybridized carbons (Fsp3) is 0.333. The third kappa shape index (κ3) is 1.39. The Morgan fingerprint density at radius 2 is 2.36 bits per heavy atom. The molecule has 0 aliphatic rings. The average Bonchev–Trinajstić information content (AvgIpc) is 2.70. The van der Waals surface area contributed by atoms with Crippen LogP contribution in [0.3, 0.4) is 0 Å². The number of nitrogens with zero attached hydrogens (tertiary/aromatic N) is 2. The molecule has 0 atom stereocenters. The van der Waals surface area contributed by atoms with Gasteiger partial charge in [0.1, 0.15) is 6.26 Å². The van der Waals surface area contributed by atoms with Crippen molar-refractivity contribution in [2.24, 2.45) is 0 Å². The summed E-state index contributed by atoms with van der Waals surface area (Å²) in [5.41, 5.74) is 0.936. The molecule has 2 aromatic rings. The van der Waals surface area contributed by atoms with Crippen LogP contribution in [0.2, 0.25) is 0 Å². The summed E-state index contributed by atoms with van der Waals surface area (Å²) in [7, 11) is 0. The molecule has 0 radical (unpaired) electrons. The van der Waals surface area contributed by atoms with Crippen LogP contribution in [0.5, 0.6) is 0 Å². The van der Waals surface area contributed by atoms with Crippen LogP contribution in [0.15, 0.2) is 23.0 Å². The zero-order valence-electron chi connectivity index (χ0n) is 8.02. The zero-order chi connectivity index (χ0) is 10.1. The van der Waals surface area contributed by atoms with Crippen molar-refractivity contribution >= 4 is 12.2 Å². The molecule has 0 saturated carbocycles. The van der Waals surface area contributed by atoms with E-state index in [4.69, 9.17) is 16.6 Å². The zero-order valence-corrected chi connectivity index (χ0v) is 8.84. The fourth-order valence-corrected chi connectivity index (χ4v) is 1.72. The predicted molar refractivity (Wildman–Crippen MR) is 55.5 cm³/mol. The van der Waals surface area contributed by atoms with Crippen LogP contribution >= 0.6 is 12.2 Å². The normalized spacial score (nSPS) is 11.1. The molecule has 2 aromatic heterocycles. The predicted octanol–water partition coefficient (Wildman–Crippen LogP) is 2.78. The van der Waals surface area contributed by atoms with Crippen molar-refractivity contribution in [3.8, 4) is 11.4 Å². The maximum absolute atomic E-state index is 5.14. The molecule has 0 aliphatic heterocycles. The third-order valence-electron chi connectivity index (χ3n) is 2.00. The Balaban J connectivity index is 2.60. The van der Waals surface area contributed by atoms with E-state index in [9.17, 15) is 0 Å². The summed E-state index contributed by atoms with van der Waals surface area (Å²) in [5.74, 6) is 0.818. The van der Waals surface area contributed by atoms with Crippen molar-refractivity contribution in [2.75, 3.05) is 0 Å². The van der Waals surface area contributed by atoms with Crippen LogP contribution in [0.4, 0.5) is 0 Å². The van der Waals surface area contributed by atoms with Gasteiger partial charge in [-0.25, -0.2) is 0 Å². The Morgan fingerprint density at radius 1 is 1.57 bits per heavy atom. The number of hydrogen-bond donors (Lipinski definition) is 1. The molecule has 2 heterocycles. The molecule has 14 heavy (non-hydrogen) atoms. The van der Waals surface area contributed by atoms with E-state index >= 15 is 0 Å². The molecule has 1 N–H and O–H groups in total. The largest absolute Gasteiger partial charge is 0.472 e. The molecule has 2 rings (SSSR count). The number of hydrogen-bond acceptors (Lipinski definition) is 3. The summed E-state index contributed by atoms with van der Waals surface area (Å²) in [6.45, 7) is 4.13. The molecule has 0 amide bonds. The topological polar surface area (TPSA) is 46.8 Å². The van der Waals surface area contributed by atoms with Gasteiger partial charge in [-0.1, -0.05) is 0 Å². The van der Waals surface area contributed by atoms with E-state index in [1.54, 1.807) is 12.5 Å². The smallest absolute Gasteiger partial charge is 0.195 e. The van der Waals surface area contributed by atoms with Gasteiger partial charge in [0, 0.05) is 6.04 Å². The standard InChI is InChI=1S/C9H11N3OS/c1-6(2)12-8(10-11-9(12)14)7-3-4-13-5-7/h3-6H,1-2H3,(H,11,14). The van der Waals surface area contributed by atoms with Gasteiger partial charge in [0.2, 0.25) is 0 Å². The number of rotatable bonds is 2. The third-order valence-corrected chi connectivity index (χ3v) is 2.29. The molecule has 0 bridgehead atoms. The van der Waals surface area contributed by atoms with Gasteiger partial charge in [-0.15, -0.1) is 0 Å². The monoisotopic (exact) mass is 209 g/mol. The fourth-order valence-electron chi connectivity index (χ4n) is 1.38. The lowest BCUT2D eigenvalue weighted by atomic mass is 10.3. The first kappa shape index (κ1) is 9.21. The van der Waals surface area contributed by atoms with Crippen LogP contribution in [-0.2, 0) is 0 Å². The highest BCUT2D eigenvalue weighted by molar-refractivity contribution is 7.71. The number of nitrogens with one attached hydrogen (secondary N) is 1. The minimum absolute atomic E-state index is 0.283. The summed E-state index contributed by atoms with van der Waals surface area (Å²) < 4.78 is 7.61. The van der Waals surface area contributed by atoms with Crippen LogP contribution in [-0.4, -0.2) is 14.8 Å². The van der Waals surface area contributed by atoms with Gasteiger partial charge in [-0.2, -0.15) is 5.10 Å². The van der Waals surface area contributed by atoms with E-state index in [2.05, 4.69) is 24.0 Å². The lowest BCUT2D eigenvalue weighted by molar-refractivity contribution is 0.565. The average molecular weight is 209 g/mol. The van der Waals surface area contributed by atoms with Crippen LogP contribution < -0.4 is 0 Å². The molecule has 5 heteroatoms. The van der Waals surface area contributed by atoms with Crippen molar-refractivity contribution in [1.29, 1.82) is 0 Å². The molecule has 0 aliphatic carbocycles. The Hall–Kier alpha value is -1.36.